The molecule has 1 N–H and O–H groups in total. The molecule has 1 saturated heterocycles. The lowest BCUT2D eigenvalue weighted by Crippen LogP contribution is -2.45. The van der Waals surface area contributed by atoms with Crippen molar-refractivity contribution in [3.8, 4) is 0 Å². The van der Waals surface area contributed by atoms with E-state index in [1.54, 1.807) is 30.3 Å². The van der Waals surface area contributed by atoms with Gasteiger partial charge in [-0.05, 0) is 42.0 Å². The Morgan fingerprint density at radius 3 is 2.41 bits per heavy atom. The van der Waals surface area contributed by atoms with Gasteiger partial charge >= 0.3 is 0 Å². The highest BCUT2D eigenvalue weighted by atomic mass is 32.2. The maximum absolute atomic E-state index is 12.9. The van der Waals surface area contributed by atoms with E-state index in [2.05, 4.69) is 31.3 Å². The Labute approximate surface area is 161 Å². The lowest BCUT2D eigenvalue weighted by molar-refractivity contribution is -0.124. The summed E-state index contributed by atoms with van der Waals surface area (Å²) in [4.78, 5) is 12.9. The van der Waals surface area contributed by atoms with E-state index in [4.69, 9.17) is 0 Å². The topological polar surface area (TPSA) is 66.5 Å². The van der Waals surface area contributed by atoms with Crippen LogP contribution >= 0.6 is 0 Å². The predicted octanol–water partition coefficient (Wildman–Crippen LogP) is 3.28. The van der Waals surface area contributed by atoms with Gasteiger partial charge in [0.2, 0.25) is 15.9 Å². The third kappa shape index (κ3) is 4.39. The first-order chi connectivity index (χ1) is 12.9. The number of hydrogen-bond acceptors (Lipinski definition) is 3. The molecule has 1 heterocycles. The maximum atomic E-state index is 12.9. The maximum Gasteiger partial charge on any atom is 0.243 e. The number of nitrogens with one attached hydrogen (secondary N) is 1. The molecular weight excluding hydrogens is 360 g/mol. The molecule has 0 unspecified atom stereocenters. The zero-order valence-electron chi connectivity index (χ0n) is 15.8. The van der Waals surface area contributed by atoms with Gasteiger partial charge in [-0.25, -0.2) is 8.42 Å². The Morgan fingerprint density at radius 2 is 1.78 bits per heavy atom. The summed E-state index contributed by atoms with van der Waals surface area (Å²) in [6, 6.07) is 15.8. The summed E-state index contributed by atoms with van der Waals surface area (Å²) in [5.41, 5.74) is 2.25. The largest absolute Gasteiger partial charge is 0.351 e. The Balaban J connectivity index is 1.67. The number of hydrogen-bond donors (Lipinski definition) is 1. The smallest absolute Gasteiger partial charge is 0.243 e. The van der Waals surface area contributed by atoms with Crippen LogP contribution in [0.5, 0.6) is 0 Å². The fourth-order valence-electron chi connectivity index (χ4n) is 3.35. The Morgan fingerprint density at radius 1 is 1.11 bits per heavy atom. The molecule has 1 aliphatic heterocycles. The first kappa shape index (κ1) is 19.6. The van der Waals surface area contributed by atoms with Crippen molar-refractivity contribution in [3.05, 3.63) is 65.7 Å². The van der Waals surface area contributed by atoms with Crippen molar-refractivity contribution in [1.29, 1.82) is 0 Å². The predicted molar refractivity (Wildman–Crippen MR) is 106 cm³/mol. The van der Waals surface area contributed by atoms with E-state index in [9.17, 15) is 13.2 Å². The van der Waals surface area contributed by atoms with Crippen LogP contribution in [0, 0.1) is 0 Å². The molecule has 144 valence electrons. The standard InChI is InChI=1S/C21H26N2O3S/c1-16(2)18-12-10-17(11-13-18)15-22-21(24)20-9-6-14-23(20)27(25,26)19-7-4-3-5-8-19/h3-5,7-8,10-13,16,20H,6,9,14-15H2,1-2H3,(H,22,24)/t20-/m1/s1. The molecule has 1 aliphatic rings. The Bertz CT molecular complexity index is 877. The number of amides is 1. The molecule has 3 rings (SSSR count). The molecule has 0 aliphatic carbocycles. The molecule has 0 radical (unpaired) electrons. The zero-order valence-corrected chi connectivity index (χ0v) is 16.6. The second kappa shape index (κ2) is 8.23. The molecule has 1 fully saturated rings. The Kier molecular flexibility index (Phi) is 5.97. The highest BCUT2D eigenvalue weighted by molar-refractivity contribution is 7.89. The number of rotatable bonds is 6. The first-order valence-corrected chi connectivity index (χ1v) is 10.8. The number of nitrogens with zero attached hydrogens (tertiary/aromatic N) is 1. The van der Waals surface area contributed by atoms with Gasteiger partial charge in [0.25, 0.3) is 0 Å². The van der Waals surface area contributed by atoms with Gasteiger partial charge < -0.3 is 5.32 Å². The molecule has 0 bridgehead atoms. The summed E-state index contributed by atoms with van der Waals surface area (Å²) >= 11 is 0. The van der Waals surface area contributed by atoms with Gasteiger partial charge in [0, 0.05) is 13.1 Å². The van der Waals surface area contributed by atoms with Crippen molar-refractivity contribution < 1.29 is 13.2 Å². The second-order valence-electron chi connectivity index (χ2n) is 7.20. The lowest BCUT2D eigenvalue weighted by atomic mass is 10.0. The van der Waals surface area contributed by atoms with Crippen LogP contribution in [0.2, 0.25) is 0 Å². The number of carbonyl (C=O) groups is 1. The van der Waals surface area contributed by atoms with Crippen LogP contribution < -0.4 is 5.32 Å². The normalized spacial score (nSPS) is 18.0. The van der Waals surface area contributed by atoms with Crippen molar-refractivity contribution in [2.45, 2.75) is 50.1 Å². The molecule has 27 heavy (non-hydrogen) atoms. The van der Waals surface area contributed by atoms with Gasteiger partial charge in [-0.1, -0.05) is 56.3 Å². The van der Waals surface area contributed by atoms with Crippen LogP contribution in [0.4, 0.5) is 0 Å². The summed E-state index contributed by atoms with van der Waals surface area (Å²) in [5, 5.41) is 2.90. The number of sulfonamides is 1. The Hall–Kier alpha value is -2.18. The number of benzene rings is 2. The zero-order chi connectivity index (χ0) is 19.4. The van der Waals surface area contributed by atoms with Crippen LogP contribution in [0.1, 0.15) is 43.7 Å². The second-order valence-corrected chi connectivity index (χ2v) is 9.09. The average Bonchev–Trinajstić information content (AvgIpc) is 3.18. The van der Waals surface area contributed by atoms with Crippen LogP contribution in [-0.4, -0.2) is 31.2 Å². The molecule has 5 nitrogen and oxygen atoms in total. The van der Waals surface area contributed by atoms with E-state index >= 15 is 0 Å². The van der Waals surface area contributed by atoms with Gasteiger partial charge in [-0.15, -0.1) is 0 Å². The highest BCUT2D eigenvalue weighted by Gasteiger charge is 2.39. The third-order valence-corrected chi connectivity index (χ3v) is 6.89. The fourth-order valence-corrected chi connectivity index (χ4v) is 5.02. The van der Waals surface area contributed by atoms with E-state index in [1.807, 2.05) is 12.1 Å². The molecule has 6 heteroatoms. The van der Waals surface area contributed by atoms with Gasteiger partial charge in [-0.3, -0.25) is 4.79 Å². The van der Waals surface area contributed by atoms with Gasteiger partial charge in [-0.2, -0.15) is 4.31 Å². The van der Waals surface area contributed by atoms with Crippen LogP contribution in [0.25, 0.3) is 0 Å². The van der Waals surface area contributed by atoms with Crippen molar-refractivity contribution in [1.82, 2.24) is 9.62 Å². The molecule has 1 atom stereocenters. The minimum Gasteiger partial charge on any atom is -0.351 e. The molecule has 0 spiro atoms. The van der Waals surface area contributed by atoms with E-state index in [-0.39, 0.29) is 10.8 Å². The summed E-state index contributed by atoms with van der Waals surface area (Å²) in [7, 11) is -3.66. The lowest BCUT2D eigenvalue weighted by Gasteiger charge is -2.23. The molecule has 0 aromatic heterocycles. The molecule has 0 saturated carbocycles. The van der Waals surface area contributed by atoms with Crippen molar-refractivity contribution in [2.24, 2.45) is 0 Å². The van der Waals surface area contributed by atoms with E-state index in [0.717, 1.165) is 5.56 Å². The average molecular weight is 387 g/mol. The quantitative estimate of drug-likeness (QED) is 0.828. The highest BCUT2D eigenvalue weighted by Crippen LogP contribution is 2.26. The number of carbonyl (C=O) groups excluding carboxylic acids is 1. The molecular formula is C21H26N2O3S. The fraction of sp³-hybridized carbons (Fsp3) is 0.381. The van der Waals surface area contributed by atoms with E-state index in [0.29, 0.717) is 31.8 Å². The molecule has 1 amide bonds. The third-order valence-electron chi connectivity index (χ3n) is 4.97. The minimum absolute atomic E-state index is 0.231. The van der Waals surface area contributed by atoms with Gasteiger partial charge in [0.1, 0.15) is 6.04 Å². The first-order valence-electron chi connectivity index (χ1n) is 9.33. The molecule has 2 aromatic carbocycles. The van der Waals surface area contributed by atoms with Gasteiger partial charge in [0.15, 0.2) is 0 Å². The van der Waals surface area contributed by atoms with E-state index in [1.165, 1.54) is 9.87 Å². The summed E-state index contributed by atoms with van der Waals surface area (Å²) in [6.45, 7) is 5.04. The van der Waals surface area contributed by atoms with Gasteiger partial charge in [0.05, 0.1) is 4.90 Å². The summed E-state index contributed by atoms with van der Waals surface area (Å²) < 4.78 is 27.1. The monoisotopic (exact) mass is 386 g/mol. The van der Waals surface area contributed by atoms with Crippen LogP contribution in [0.15, 0.2) is 59.5 Å². The van der Waals surface area contributed by atoms with Crippen LogP contribution in [0.3, 0.4) is 0 Å². The van der Waals surface area contributed by atoms with Crippen molar-refractivity contribution in [2.75, 3.05) is 6.54 Å². The van der Waals surface area contributed by atoms with Crippen LogP contribution in [-0.2, 0) is 21.4 Å². The van der Waals surface area contributed by atoms with Crippen molar-refractivity contribution in [3.63, 3.8) is 0 Å². The minimum atomic E-state index is -3.66. The summed E-state index contributed by atoms with van der Waals surface area (Å²) in [5.74, 6) is 0.226. The van der Waals surface area contributed by atoms with E-state index < -0.39 is 16.1 Å². The SMILES string of the molecule is CC(C)c1ccc(CNC(=O)[C@H]2CCCN2S(=O)(=O)c2ccccc2)cc1. The summed E-state index contributed by atoms with van der Waals surface area (Å²) in [6.07, 6.45) is 1.23. The molecule has 2 aromatic rings. The van der Waals surface area contributed by atoms with Crippen molar-refractivity contribution >= 4 is 15.9 Å².